The molecule has 12 heteroatoms. The fourth-order valence-electron chi connectivity index (χ4n) is 5.74. The minimum absolute atomic E-state index is 0.0411. The number of fused-ring (bicyclic) bond motifs is 1. The predicted molar refractivity (Wildman–Crippen MR) is 144 cm³/mol. The van der Waals surface area contributed by atoms with E-state index in [0.29, 0.717) is 74.2 Å². The number of nitrogens with two attached hydrogens (primary N) is 1. The molecule has 2 aliphatic heterocycles. The summed E-state index contributed by atoms with van der Waals surface area (Å²) in [6.45, 7) is 9.11. The molecule has 204 valence electrons. The first-order valence-corrected chi connectivity index (χ1v) is 13.3. The molecule has 0 saturated carbocycles. The van der Waals surface area contributed by atoms with Crippen LogP contribution in [-0.2, 0) is 24.9 Å². The molecule has 5 heterocycles. The highest BCUT2D eigenvalue weighted by Crippen LogP contribution is 2.34. The Bertz CT molecular complexity index is 1480. The van der Waals surface area contributed by atoms with Crippen molar-refractivity contribution in [2.24, 2.45) is 12.8 Å². The Morgan fingerprint density at radius 3 is 2.39 bits per heavy atom. The van der Waals surface area contributed by atoms with Gasteiger partial charge in [0, 0.05) is 57.2 Å². The van der Waals surface area contributed by atoms with Gasteiger partial charge in [-0.15, -0.1) is 0 Å². The van der Waals surface area contributed by atoms with Gasteiger partial charge in [0.2, 0.25) is 0 Å². The molecule has 1 amide bonds. The number of amides is 1. The molecule has 0 aliphatic carbocycles. The Morgan fingerprint density at radius 2 is 1.76 bits per heavy atom. The molecular weight excluding hydrogens is 488 g/mol. The lowest BCUT2D eigenvalue weighted by atomic mass is 10.1. The standard InChI is InChI=1S/C26H36N8O4/c1-5-33-22-21(30(4)26(37)34(25(22)36)15-19-28-16(2)13-17(3)29-19)20(24(35)31-9-11-38-12-10-31)23(33)32-8-6-7-18(27)14-32/h13,18H,5-12,14-15,27H2,1-4H3/t18-/m1/s1. The first kappa shape index (κ1) is 26.1. The summed E-state index contributed by atoms with van der Waals surface area (Å²) in [7, 11) is 1.62. The normalized spacial score (nSPS) is 18.4. The minimum Gasteiger partial charge on any atom is -0.378 e. The summed E-state index contributed by atoms with van der Waals surface area (Å²) < 4.78 is 9.93. The molecule has 12 nitrogen and oxygen atoms in total. The first-order valence-electron chi connectivity index (χ1n) is 13.3. The van der Waals surface area contributed by atoms with Crippen LogP contribution in [0.15, 0.2) is 15.7 Å². The number of aromatic nitrogens is 5. The van der Waals surface area contributed by atoms with Gasteiger partial charge in [0.15, 0.2) is 0 Å². The zero-order valence-electron chi connectivity index (χ0n) is 22.6. The number of rotatable bonds is 5. The summed E-state index contributed by atoms with van der Waals surface area (Å²) in [6.07, 6.45) is 1.78. The molecule has 2 aliphatic rings. The van der Waals surface area contributed by atoms with Crippen LogP contribution in [0.5, 0.6) is 0 Å². The van der Waals surface area contributed by atoms with E-state index < -0.39 is 11.2 Å². The van der Waals surface area contributed by atoms with Crippen LogP contribution in [0.25, 0.3) is 11.0 Å². The Balaban J connectivity index is 1.78. The number of carbonyl (C=O) groups excluding carboxylic acids is 1. The minimum atomic E-state index is -0.517. The zero-order chi connectivity index (χ0) is 27.1. The summed E-state index contributed by atoms with van der Waals surface area (Å²) in [5.41, 5.74) is 7.94. The van der Waals surface area contributed by atoms with E-state index in [1.165, 1.54) is 4.57 Å². The fraction of sp³-hybridized carbons (Fsp3) is 0.577. The van der Waals surface area contributed by atoms with E-state index in [4.69, 9.17) is 10.5 Å². The van der Waals surface area contributed by atoms with Crippen LogP contribution in [0, 0.1) is 13.8 Å². The van der Waals surface area contributed by atoms with Gasteiger partial charge in [0.25, 0.3) is 11.5 Å². The van der Waals surface area contributed by atoms with Crippen molar-refractivity contribution >= 4 is 22.8 Å². The number of piperidine rings is 1. The van der Waals surface area contributed by atoms with Gasteiger partial charge in [-0.25, -0.2) is 14.8 Å². The van der Waals surface area contributed by atoms with Gasteiger partial charge < -0.3 is 24.8 Å². The average molecular weight is 525 g/mol. The van der Waals surface area contributed by atoms with Gasteiger partial charge in [-0.1, -0.05) is 0 Å². The lowest BCUT2D eigenvalue weighted by Crippen LogP contribution is -2.45. The topological polar surface area (TPSA) is 134 Å². The number of morpholine rings is 1. The van der Waals surface area contributed by atoms with Gasteiger partial charge in [-0.2, -0.15) is 0 Å². The maximum atomic E-state index is 14.1. The van der Waals surface area contributed by atoms with Gasteiger partial charge >= 0.3 is 5.69 Å². The van der Waals surface area contributed by atoms with Crippen molar-refractivity contribution < 1.29 is 9.53 Å². The molecule has 38 heavy (non-hydrogen) atoms. The van der Waals surface area contributed by atoms with Crippen LogP contribution in [0.2, 0.25) is 0 Å². The fourth-order valence-corrected chi connectivity index (χ4v) is 5.74. The summed E-state index contributed by atoms with van der Waals surface area (Å²) >= 11 is 0. The molecule has 0 aromatic carbocycles. The molecule has 5 rings (SSSR count). The lowest BCUT2D eigenvalue weighted by molar-refractivity contribution is 0.0304. The van der Waals surface area contributed by atoms with Crippen molar-refractivity contribution in [2.45, 2.75) is 52.7 Å². The highest BCUT2D eigenvalue weighted by molar-refractivity contribution is 6.11. The second kappa shape index (κ2) is 10.3. The second-order valence-corrected chi connectivity index (χ2v) is 10.2. The SMILES string of the molecule is CCn1c(N2CCC[C@@H](N)C2)c(C(=O)N2CCOCC2)c2c1c(=O)n(Cc1nc(C)cc(C)n1)c(=O)n2C. The number of nitrogens with zero attached hydrogens (tertiary/aromatic N) is 7. The van der Waals surface area contributed by atoms with E-state index in [-0.39, 0.29) is 18.5 Å². The van der Waals surface area contributed by atoms with Crippen molar-refractivity contribution in [2.75, 3.05) is 44.3 Å². The summed E-state index contributed by atoms with van der Waals surface area (Å²) in [4.78, 5) is 54.5. The molecular formula is C26H36N8O4. The van der Waals surface area contributed by atoms with Gasteiger partial charge in [0.1, 0.15) is 22.7 Å². The van der Waals surface area contributed by atoms with E-state index in [2.05, 4.69) is 14.9 Å². The van der Waals surface area contributed by atoms with E-state index in [1.807, 2.05) is 31.4 Å². The predicted octanol–water partition coefficient (Wildman–Crippen LogP) is 0.377. The van der Waals surface area contributed by atoms with Crippen molar-refractivity contribution in [1.82, 2.24) is 28.6 Å². The van der Waals surface area contributed by atoms with Crippen LogP contribution in [0.4, 0.5) is 5.82 Å². The van der Waals surface area contributed by atoms with Crippen molar-refractivity contribution in [1.29, 1.82) is 0 Å². The lowest BCUT2D eigenvalue weighted by Gasteiger charge is -2.34. The summed E-state index contributed by atoms with van der Waals surface area (Å²) in [5.74, 6) is 0.841. The number of anilines is 1. The molecule has 0 unspecified atom stereocenters. The maximum Gasteiger partial charge on any atom is 0.331 e. The Labute approximate surface area is 220 Å². The zero-order valence-corrected chi connectivity index (χ0v) is 22.6. The maximum absolute atomic E-state index is 14.1. The van der Waals surface area contributed by atoms with E-state index in [9.17, 15) is 14.4 Å². The Morgan fingerprint density at radius 1 is 1.08 bits per heavy atom. The highest BCUT2D eigenvalue weighted by atomic mass is 16.5. The third kappa shape index (κ3) is 4.51. The first-order chi connectivity index (χ1) is 18.2. The van der Waals surface area contributed by atoms with E-state index in [1.54, 1.807) is 11.9 Å². The van der Waals surface area contributed by atoms with Gasteiger partial charge in [-0.05, 0) is 39.7 Å². The third-order valence-corrected chi connectivity index (χ3v) is 7.43. The third-order valence-electron chi connectivity index (χ3n) is 7.43. The van der Waals surface area contributed by atoms with E-state index in [0.717, 1.165) is 28.8 Å². The summed E-state index contributed by atoms with van der Waals surface area (Å²) in [6, 6.07) is 1.80. The Hall–Kier alpha value is -3.51. The molecule has 1 atom stereocenters. The van der Waals surface area contributed by atoms with Gasteiger partial charge in [0.05, 0.1) is 25.3 Å². The van der Waals surface area contributed by atoms with Gasteiger partial charge in [-0.3, -0.25) is 18.7 Å². The molecule has 0 spiro atoms. The number of ether oxygens (including phenoxy) is 1. The molecule has 2 fully saturated rings. The van der Waals surface area contributed by atoms with Crippen LogP contribution < -0.4 is 21.9 Å². The summed E-state index contributed by atoms with van der Waals surface area (Å²) in [5, 5.41) is 0. The van der Waals surface area contributed by atoms with Crippen LogP contribution in [-0.4, -0.2) is 79.9 Å². The van der Waals surface area contributed by atoms with Crippen molar-refractivity contribution in [3.8, 4) is 0 Å². The molecule has 0 bridgehead atoms. The number of aryl methyl sites for hydroxylation is 4. The van der Waals surface area contributed by atoms with Crippen LogP contribution >= 0.6 is 0 Å². The number of carbonyl (C=O) groups is 1. The quantitative estimate of drug-likeness (QED) is 0.506. The molecule has 2 N–H and O–H groups in total. The van der Waals surface area contributed by atoms with Crippen LogP contribution in [0.3, 0.4) is 0 Å². The number of hydrogen-bond donors (Lipinski definition) is 1. The molecule has 3 aromatic heterocycles. The molecule has 3 aromatic rings. The monoisotopic (exact) mass is 524 g/mol. The average Bonchev–Trinajstić information content (AvgIpc) is 3.25. The molecule has 0 radical (unpaired) electrons. The molecule has 2 saturated heterocycles. The second-order valence-electron chi connectivity index (χ2n) is 10.2. The Kier molecular flexibility index (Phi) is 7.10. The van der Waals surface area contributed by atoms with Crippen LogP contribution in [0.1, 0.15) is 47.3 Å². The largest absolute Gasteiger partial charge is 0.378 e. The highest BCUT2D eigenvalue weighted by Gasteiger charge is 2.34. The number of hydrogen-bond acceptors (Lipinski definition) is 8. The smallest absolute Gasteiger partial charge is 0.331 e. The van der Waals surface area contributed by atoms with E-state index >= 15 is 0 Å². The van der Waals surface area contributed by atoms with Crippen molar-refractivity contribution in [3.05, 3.63) is 49.7 Å². The van der Waals surface area contributed by atoms with Crippen molar-refractivity contribution in [3.63, 3.8) is 0 Å².